The van der Waals surface area contributed by atoms with E-state index < -0.39 is 6.10 Å². The van der Waals surface area contributed by atoms with Crippen molar-refractivity contribution < 1.29 is 28.6 Å². The summed E-state index contributed by atoms with van der Waals surface area (Å²) in [4.78, 5) is 38.1. The van der Waals surface area contributed by atoms with Gasteiger partial charge in [-0.2, -0.15) is 0 Å². The van der Waals surface area contributed by atoms with Gasteiger partial charge < -0.3 is 14.2 Å². The van der Waals surface area contributed by atoms with Crippen LogP contribution >= 0.6 is 0 Å². The Bertz CT molecular complexity index is 1540. The first-order valence-corrected chi connectivity index (χ1v) is 30.0. The number of unbranched alkanes of at least 4 members (excludes halogenated alkanes) is 22. The molecular weight excluding hydrogens is 901 g/mol. The lowest BCUT2D eigenvalue weighted by Gasteiger charge is -2.18. The standard InChI is InChI=1S/C67H110O6/c1-4-7-10-13-16-19-22-24-26-27-28-29-30-31-32-33-34-35-36-37-38-39-40-41-42-44-45-48-51-54-57-60-66(69)72-63-64(62-71-65(68)59-56-53-50-47-21-18-15-12-9-6-3)73-67(70)61-58-55-52-49-46-43-25-23-20-17-14-11-8-5-2/h7,10,12,15-16,19,23-26,28-29,31-32,34-35,37-38,40-41,64H,4-6,8-9,11,13-14,17-18,20-22,27,30,33,36,39,42-63H2,1-3H3/b10-7-,15-12-,19-16-,25-23-,26-24-,29-28-,32-31-,35-34-,38-37-,41-40-. The van der Waals surface area contributed by atoms with E-state index in [0.29, 0.717) is 19.3 Å². The van der Waals surface area contributed by atoms with Crippen LogP contribution in [0.5, 0.6) is 0 Å². The zero-order valence-electron chi connectivity index (χ0n) is 47.4. The molecule has 6 nitrogen and oxygen atoms in total. The highest BCUT2D eigenvalue weighted by molar-refractivity contribution is 5.71. The van der Waals surface area contributed by atoms with E-state index in [9.17, 15) is 14.4 Å². The zero-order chi connectivity index (χ0) is 52.9. The summed E-state index contributed by atoms with van der Waals surface area (Å²) in [7, 11) is 0. The van der Waals surface area contributed by atoms with Gasteiger partial charge in [-0.05, 0) is 128 Å². The third kappa shape index (κ3) is 58.6. The highest BCUT2D eigenvalue weighted by Crippen LogP contribution is 2.14. The van der Waals surface area contributed by atoms with Gasteiger partial charge >= 0.3 is 17.9 Å². The van der Waals surface area contributed by atoms with Crippen molar-refractivity contribution in [2.75, 3.05) is 13.2 Å². The van der Waals surface area contributed by atoms with Crippen LogP contribution in [0.15, 0.2) is 122 Å². The normalized spacial score (nSPS) is 13.0. The molecule has 6 heteroatoms. The van der Waals surface area contributed by atoms with Gasteiger partial charge in [0.15, 0.2) is 6.10 Å². The minimum Gasteiger partial charge on any atom is -0.462 e. The van der Waals surface area contributed by atoms with Gasteiger partial charge in [-0.3, -0.25) is 14.4 Å². The molecule has 0 saturated carbocycles. The van der Waals surface area contributed by atoms with E-state index in [1.165, 1.54) is 70.6 Å². The van der Waals surface area contributed by atoms with Gasteiger partial charge in [-0.25, -0.2) is 0 Å². The summed E-state index contributed by atoms with van der Waals surface area (Å²) in [5.41, 5.74) is 0. The second-order valence-corrected chi connectivity index (χ2v) is 19.5. The van der Waals surface area contributed by atoms with Crippen LogP contribution in [-0.4, -0.2) is 37.2 Å². The lowest BCUT2D eigenvalue weighted by molar-refractivity contribution is -0.167. The third-order valence-electron chi connectivity index (χ3n) is 12.4. The second kappa shape index (κ2) is 60.4. The average molecular weight is 1010 g/mol. The Kier molecular flexibility index (Phi) is 56.9. The molecule has 0 aliphatic rings. The van der Waals surface area contributed by atoms with E-state index in [1.807, 2.05) is 0 Å². The van der Waals surface area contributed by atoms with Crippen molar-refractivity contribution in [2.24, 2.45) is 0 Å². The molecule has 0 amide bonds. The average Bonchev–Trinajstić information content (AvgIpc) is 3.39. The molecule has 0 aliphatic heterocycles. The van der Waals surface area contributed by atoms with Gasteiger partial charge in [0, 0.05) is 19.3 Å². The highest BCUT2D eigenvalue weighted by atomic mass is 16.6. The molecule has 0 rings (SSSR count). The van der Waals surface area contributed by atoms with Crippen LogP contribution in [0.25, 0.3) is 0 Å². The number of carbonyl (C=O) groups excluding carboxylic acids is 3. The van der Waals surface area contributed by atoms with E-state index in [1.54, 1.807) is 0 Å². The molecule has 0 fully saturated rings. The Morgan fingerprint density at radius 1 is 0.288 bits per heavy atom. The van der Waals surface area contributed by atoms with Crippen LogP contribution < -0.4 is 0 Å². The Morgan fingerprint density at radius 2 is 0.562 bits per heavy atom. The highest BCUT2D eigenvalue weighted by Gasteiger charge is 2.19. The summed E-state index contributed by atoms with van der Waals surface area (Å²) in [5.74, 6) is -0.927. The molecular formula is C67H110O6. The van der Waals surface area contributed by atoms with E-state index >= 15 is 0 Å². The van der Waals surface area contributed by atoms with Crippen molar-refractivity contribution in [1.82, 2.24) is 0 Å². The van der Waals surface area contributed by atoms with Crippen molar-refractivity contribution in [3.05, 3.63) is 122 Å². The van der Waals surface area contributed by atoms with E-state index in [2.05, 4.69) is 142 Å². The molecule has 0 bridgehead atoms. The summed E-state index contributed by atoms with van der Waals surface area (Å²) >= 11 is 0. The summed E-state index contributed by atoms with van der Waals surface area (Å²) < 4.78 is 16.8. The maximum Gasteiger partial charge on any atom is 0.306 e. The Balaban J connectivity index is 4.27. The molecule has 0 saturated heterocycles. The summed E-state index contributed by atoms with van der Waals surface area (Å²) in [5, 5.41) is 0. The largest absolute Gasteiger partial charge is 0.462 e. The molecule has 1 unspecified atom stereocenters. The third-order valence-corrected chi connectivity index (χ3v) is 12.4. The first-order valence-electron chi connectivity index (χ1n) is 30.0. The fourth-order valence-corrected chi connectivity index (χ4v) is 7.92. The first kappa shape index (κ1) is 68.8. The van der Waals surface area contributed by atoms with Crippen molar-refractivity contribution in [2.45, 2.75) is 271 Å². The van der Waals surface area contributed by atoms with Crippen LogP contribution in [0.1, 0.15) is 265 Å². The molecule has 0 spiro atoms. The summed E-state index contributed by atoms with van der Waals surface area (Å²) in [6.07, 6.45) is 83.5. The fraction of sp³-hybridized carbons (Fsp3) is 0.657. The molecule has 0 radical (unpaired) electrons. The molecule has 1 atom stereocenters. The molecule has 0 aromatic carbocycles. The van der Waals surface area contributed by atoms with Crippen LogP contribution in [-0.2, 0) is 28.6 Å². The van der Waals surface area contributed by atoms with Crippen LogP contribution in [0.4, 0.5) is 0 Å². The fourth-order valence-electron chi connectivity index (χ4n) is 7.92. The number of ether oxygens (including phenoxy) is 3. The van der Waals surface area contributed by atoms with Crippen molar-refractivity contribution in [1.29, 1.82) is 0 Å². The SMILES string of the molecule is CC/C=C\C/C=C\C/C=C\C/C=C\C/C=C\C/C=C\C/C=C\C/C=C\CCCCCCCCC(=O)OCC(COC(=O)CCCCCCC/C=C\CCC)OC(=O)CCCCCCC/C=C\CCCCCCC. The predicted molar refractivity (Wildman–Crippen MR) is 316 cm³/mol. The quantitative estimate of drug-likeness (QED) is 0.0261. The Labute approximate surface area is 450 Å². The van der Waals surface area contributed by atoms with Gasteiger partial charge in [0.2, 0.25) is 0 Å². The molecule has 0 aliphatic carbocycles. The Hall–Kier alpha value is -4.19. The van der Waals surface area contributed by atoms with E-state index in [0.717, 1.165) is 154 Å². The molecule has 0 aromatic heterocycles. The van der Waals surface area contributed by atoms with E-state index in [-0.39, 0.29) is 31.1 Å². The minimum atomic E-state index is -0.794. The maximum atomic E-state index is 12.8. The number of esters is 3. The smallest absolute Gasteiger partial charge is 0.306 e. The summed E-state index contributed by atoms with van der Waals surface area (Å²) in [6, 6.07) is 0. The zero-order valence-corrected chi connectivity index (χ0v) is 47.4. The van der Waals surface area contributed by atoms with Gasteiger partial charge in [0.05, 0.1) is 0 Å². The van der Waals surface area contributed by atoms with Crippen molar-refractivity contribution >= 4 is 17.9 Å². The van der Waals surface area contributed by atoms with Crippen LogP contribution in [0.2, 0.25) is 0 Å². The number of hydrogen-bond donors (Lipinski definition) is 0. The lowest BCUT2D eigenvalue weighted by Crippen LogP contribution is -2.30. The Morgan fingerprint density at radius 3 is 0.904 bits per heavy atom. The first-order chi connectivity index (χ1) is 36.0. The van der Waals surface area contributed by atoms with Gasteiger partial charge in [0.25, 0.3) is 0 Å². The number of rotatable bonds is 53. The topological polar surface area (TPSA) is 78.9 Å². The number of allylic oxidation sites excluding steroid dienone is 20. The van der Waals surface area contributed by atoms with Crippen LogP contribution in [0.3, 0.4) is 0 Å². The lowest BCUT2D eigenvalue weighted by atomic mass is 10.1. The van der Waals surface area contributed by atoms with Crippen LogP contribution in [0, 0.1) is 0 Å². The molecule has 0 N–H and O–H groups in total. The minimum absolute atomic E-state index is 0.0921. The molecule has 73 heavy (non-hydrogen) atoms. The van der Waals surface area contributed by atoms with Gasteiger partial charge in [-0.1, -0.05) is 239 Å². The van der Waals surface area contributed by atoms with Crippen molar-refractivity contribution in [3.63, 3.8) is 0 Å². The van der Waals surface area contributed by atoms with Gasteiger partial charge in [-0.15, -0.1) is 0 Å². The molecule has 0 heterocycles. The van der Waals surface area contributed by atoms with E-state index in [4.69, 9.17) is 14.2 Å². The monoisotopic (exact) mass is 1010 g/mol. The van der Waals surface area contributed by atoms with Crippen molar-refractivity contribution in [3.8, 4) is 0 Å². The maximum absolute atomic E-state index is 12.8. The second-order valence-electron chi connectivity index (χ2n) is 19.5. The molecule has 414 valence electrons. The van der Waals surface area contributed by atoms with Gasteiger partial charge in [0.1, 0.15) is 13.2 Å². The summed E-state index contributed by atoms with van der Waals surface area (Å²) in [6.45, 7) is 6.42. The molecule has 0 aromatic rings. The predicted octanol–water partition coefficient (Wildman–Crippen LogP) is 20.4. The number of hydrogen-bond acceptors (Lipinski definition) is 6. The number of carbonyl (C=O) groups is 3.